The third-order valence-corrected chi connectivity index (χ3v) is 5.16. The van der Waals surface area contributed by atoms with Gasteiger partial charge >= 0.3 is 0 Å². The van der Waals surface area contributed by atoms with Crippen LogP contribution in [0.15, 0.2) is 59.5 Å². The molecule has 3 rings (SSSR count). The standard InChI is InChI=1S/C17H17N3O5S/c21-16(11-18-26(23,24)13-7-2-1-3-8-13)19-20-17(22)15-10-12-6-4-5-9-14(12)25-15/h1-9,15,18H,10-11H2,(H,19,21)(H,20,22)/t15-/m1/s1. The maximum absolute atomic E-state index is 12.1. The number of hydrazine groups is 1. The van der Waals surface area contributed by atoms with Gasteiger partial charge in [-0.25, -0.2) is 13.1 Å². The summed E-state index contributed by atoms with van der Waals surface area (Å²) in [5, 5.41) is 0. The number of carbonyl (C=O) groups excluding carboxylic acids is 2. The molecule has 0 radical (unpaired) electrons. The Hall–Kier alpha value is -2.91. The molecule has 0 bridgehead atoms. The SMILES string of the molecule is O=C(CNS(=O)(=O)c1ccccc1)NNC(=O)[C@H]1Cc2ccccc2O1. The van der Waals surface area contributed by atoms with Gasteiger partial charge in [-0.15, -0.1) is 0 Å². The summed E-state index contributed by atoms with van der Waals surface area (Å²) >= 11 is 0. The van der Waals surface area contributed by atoms with E-state index in [0.29, 0.717) is 12.2 Å². The zero-order chi connectivity index (χ0) is 18.6. The number of benzene rings is 2. The molecular formula is C17H17N3O5S. The molecule has 0 aromatic heterocycles. The van der Waals surface area contributed by atoms with Gasteiger partial charge < -0.3 is 4.74 Å². The summed E-state index contributed by atoms with van der Waals surface area (Å²) in [6.45, 7) is -0.511. The van der Waals surface area contributed by atoms with E-state index in [-0.39, 0.29) is 4.90 Å². The Bertz CT molecular complexity index is 890. The van der Waals surface area contributed by atoms with Crippen molar-refractivity contribution in [2.75, 3.05) is 6.54 Å². The molecule has 1 aliphatic rings. The molecule has 1 atom stereocenters. The fourth-order valence-corrected chi connectivity index (χ4v) is 3.43. The van der Waals surface area contributed by atoms with Gasteiger partial charge in [0.15, 0.2) is 6.10 Å². The number of sulfonamides is 1. The monoisotopic (exact) mass is 375 g/mol. The largest absolute Gasteiger partial charge is 0.480 e. The summed E-state index contributed by atoms with van der Waals surface area (Å²) in [4.78, 5) is 23.9. The van der Waals surface area contributed by atoms with Crippen LogP contribution in [0.5, 0.6) is 5.75 Å². The second-order valence-corrected chi connectivity index (χ2v) is 7.36. The third kappa shape index (κ3) is 4.19. The van der Waals surface area contributed by atoms with Gasteiger partial charge in [0, 0.05) is 6.42 Å². The van der Waals surface area contributed by atoms with Gasteiger partial charge in [0.1, 0.15) is 5.75 Å². The average Bonchev–Trinajstić information content (AvgIpc) is 3.09. The van der Waals surface area contributed by atoms with E-state index >= 15 is 0 Å². The van der Waals surface area contributed by atoms with Crippen molar-refractivity contribution in [3.8, 4) is 5.75 Å². The molecule has 2 aromatic carbocycles. The van der Waals surface area contributed by atoms with Crippen molar-refractivity contribution < 1.29 is 22.7 Å². The number of nitrogens with one attached hydrogen (secondary N) is 3. The van der Waals surface area contributed by atoms with Crippen molar-refractivity contribution in [3.05, 3.63) is 60.2 Å². The first kappa shape index (κ1) is 17.9. The molecule has 0 saturated heterocycles. The highest BCUT2D eigenvalue weighted by Gasteiger charge is 2.29. The molecule has 0 fully saturated rings. The van der Waals surface area contributed by atoms with Gasteiger partial charge in [0.25, 0.3) is 11.8 Å². The number of hydrogen-bond donors (Lipinski definition) is 3. The third-order valence-electron chi connectivity index (χ3n) is 3.74. The summed E-state index contributed by atoms with van der Waals surface area (Å²) < 4.78 is 31.7. The number of carbonyl (C=O) groups is 2. The van der Waals surface area contributed by atoms with E-state index in [1.54, 1.807) is 30.3 Å². The van der Waals surface area contributed by atoms with Gasteiger partial charge in [-0.3, -0.25) is 20.4 Å². The minimum Gasteiger partial charge on any atom is -0.480 e. The molecule has 1 heterocycles. The molecule has 9 heteroatoms. The lowest BCUT2D eigenvalue weighted by Crippen LogP contribution is -2.50. The van der Waals surface area contributed by atoms with Crippen molar-refractivity contribution in [1.82, 2.24) is 15.6 Å². The van der Waals surface area contributed by atoms with Gasteiger partial charge in [-0.1, -0.05) is 36.4 Å². The second kappa shape index (κ2) is 7.54. The normalized spacial score (nSPS) is 15.6. The van der Waals surface area contributed by atoms with E-state index in [4.69, 9.17) is 4.74 Å². The molecule has 2 aromatic rings. The lowest BCUT2D eigenvalue weighted by molar-refractivity contribution is -0.132. The molecule has 8 nitrogen and oxygen atoms in total. The van der Waals surface area contributed by atoms with Crippen molar-refractivity contribution in [3.63, 3.8) is 0 Å². The molecule has 2 amide bonds. The van der Waals surface area contributed by atoms with E-state index in [9.17, 15) is 18.0 Å². The van der Waals surface area contributed by atoms with Crippen molar-refractivity contribution >= 4 is 21.8 Å². The first-order chi connectivity index (χ1) is 12.5. The van der Waals surface area contributed by atoms with Crippen LogP contribution in [-0.4, -0.2) is 32.9 Å². The van der Waals surface area contributed by atoms with Crippen molar-refractivity contribution in [2.45, 2.75) is 17.4 Å². The predicted molar refractivity (Wildman–Crippen MR) is 92.5 cm³/mol. The number of fused-ring (bicyclic) bond motifs is 1. The van der Waals surface area contributed by atoms with Gasteiger partial charge in [-0.05, 0) is 23.8 Å². The smallest absolute Gasteiger partial charge is 0.279 e. The molecular weight excluding hydrogens is 358 g/mol. The van der Waals surface area contributed by atoms with Gasteiger partial charge in [-0.2, -0.15) is 0 Å². The van der Waals surface area contributed by atoms with Crippen LogP contribution >= 0.6 is 0 Å². The highest BCUT2D eigenvalue weighted by Crippen LogP contribution is 2.27. The number of hydrogen-bond acceptors (Lipinski definition) is 5. The van der Waals surface area contributed by atoms with Crippen LogP contribution in [0.1, 0.15) is 5.56 Å². The number of para-hydroxylation sites is 1. The van der Waals surface area contributed by atoms with Crippen LogP contribution in [0.3, 0.4) is 0 Å². The summed E-state index contributed by atoms with van der Waals surface area (Å²) in [7, 11) is -3.79. The first-order valence-corrected chi connectivity index (χ1v) is 9.32. The van der Waals surface area contributed by atoms with Crippen LogP contribution in [0.25, 0.3) is 0 Å². The van der Waals surface area contributed by atoms with E-state index in [2.05, 4.69) is 15.6 Å². The number of amides is 2. The Balaban J connectivity index is 1.45. The molecule has 136 valence electrons. The zero-order valence-corrected chi connectivity index (χ0v) is 14.5. The zero-order valence-electron chi connectivity index (χ0n) is 13.6. The number of ether oxygens (including phenoxy) is 1. The topological polar surface area (TPSA) is 114 Å². The predicted octanol–water partition coefficient (Wildman–Crippen LogP) is 0.116. The first-order valence-electron chi connectivity index (χ1n) is 7.84. The molecule has 3 N–H and O–H groups in total. The fourth-order valence-electron chi connectivity index (χ4n) is 2.43. The van der Waals surface area contributed by atoms with Crippen LogP contribution in [0, 0.1) is 0 Å². The number of rotatable bonds is 5. The summed E-state index contributed by atoms with van der Waals surface area (Å²) in [5.74, 6) is -0.580. The molecule has 0 saturated carbocycles. The Kier molecular flexibility index (Phi) is 5.19. The quantitative estimate of drug-likeness (QED) is 0.642. The van der Waals surface area contributed by atoms with Crippen LogP contribution < -0.4 is 20.3 Å². The average molecular weight is 375 g/mol. The van der Waals surface area contributed by atoms with Crippen molar-refractivity contribution in [1.29, 1.82) is 0 Å². The van der Waals surface area contributed by atoms with Crippen LogP contribution in [0.4, 0.5) is 0 Å². The van der Waals surface area contributed by atoms with E-state index in [1.807, 2.05) is 12.1 Å². The minimum atomic E-state index is -3.79. The highest BCUT2D eigenvalue weighted by atomic mass is 32.2. The molecule has 26 heavy (non-hydrogen) atoms. The van der Waals surface area contributed by atoms with E-state index in [0.717, 1.165) is 5.56 Å². The fraction of sp³-hybridized carbons (Fsp3) is 0.176. The van der Waals surface area contributed by atoms with Crippen LogP contribution in [-0.2, 0) is 26.0 Å². The molecule has 0 unspecified atom stereocenters. The highest BCUT2D eigenvalue weighted by molar-refractivity contribution is 7.89. The summed E-state index contributed by atoms with van der Waals surface area (Å²) in [6.07, 6.45) is -0.341. The molecule has 1 aliphatic heterocycles. The maximum atomic E-state index is 12.1. The Morgan fingerprint density at radius 3 is 2.42 bits per heavy atom. The lowest BCUT2D eigenvalue weighted by Gasteiger charge is -2.12. The molecule has 0 aliphatic carbocycles. The Morgan fingerprint density at radius 1 is 1.00 bits per heavy atom. The Morgan fingerprint density at radius 2 is 1.69 bits per heavy atom. The van der Waals surface area contributed by atoms with Gasteiger partial charge in [0.2, 0.25) is 10.0 Å². The molecule has 0 spiro atoms. The van der Waals surface area contributed by atoms with E-state index in [1.165, 1.54) is 12.1 Å². The van der Waals surface area contributed by atoms with E-state index < -0.39 is 34.5 Å². The van der Waals surface area contributed by atoms with Gasteiger partial charge in [0.05, 0.1) is 11.4 Å². The summed E-state index contributed by atoms with van der Waals surface area (Å²) in [6, 6.07) is 14.9. The lowest BCUT2D eigenvalue weighted by atomic mass is 10.1. The Labute approximate surface area is 150 Å². The van der Waals surface area contributed by atoms with Crippen molar-refractivity contribution in [2.24, 2.45) is 0 Å². The second-order valence-electron chi connectivity index (χ2n) is 5.59. The summed E-state index contributed by atoms with van der Waals surface area (Å²) in [5.41, 5.74) is 5.31. The maximum Gasteiger partial charge on any atom is 0.279 e. The van der Waals surface area contributed by atoms with Crippen LogP contribution in [0.2, 0.25) is 0 Å². The minimum absolute atomic E-state index is 0.0500.